The van der Waals surface area contributed by atoms with Crippen LogP contribution in [0.5, 0.6) is 0 Å². The second-order valence-corrected chi connectivity index (χ2v) is 9.59. The zero-order valence-electron chi connectivity index (χ0n) is 20.1. The highest BCUT2D eigenvalue weighted by Crippen LogP contribution is 2.42. The Hall–Kier alpha value is -3.63. The van der Waals surface area contributed by atoms with E-state index in [1.54, 1.807) is 13.0 Å². The van der Waals surface area contributed by atoms with Crippen LogP contribution in [0.2, 0.25) is 0 Å². The molecule has 5 rings (SSSR count). The lowest BCUT2D eigenvalue weighted by atomic mass is 9.82. The first-order valence-corrected chi connectivity index (χ1v) is 12.2. The third-order valence-electron chi connectivity index (χ3n) is 7.46. The molecule has 3 aliphatic rings. The second kappa shape index (κ2) is 9.55. The molecule has 3 aliphatic heterocycles. The number of hydrogen-bond acceptors (Lipinski definition) is 6. The first-order valence-electron chi connectivity index (χ1n) is 12.2. The van der Waals surface area contributed by atoms with E-state index in [-0.39, 0.29) is 11.9 Å². The minimum atomic E-state index is -0.816. The van der Waals surface area contributed by atoms with E-state index in [0.717, 1.165) is 25.3 Å². The average Bonchev–Trinajstić information content (AvgIpc) is 3.14. The minimum absolute atomic E-state index is 0.0738. The molecule has 1 spiro atoms. The van der Waals surface area contributed by atoms with Gasteiger partial charge in [-0.1, -0.05) is 36.4 Å². The number of carbonyl (C=O) groups excluding carboxylic acids is 2. The lowest BCUT2D eigenvalue weighted by Crippen LogP contribution is -2.53. The van der Waals surface area contributed by atoms with Crippen molar-refractivity contribution >= 4 is 17.6 Å². The van der Waals surface area contributed by atoms with Gasteiger partial charge in [0.1, 0.15) is 5.60 Å². The first-order chi connectivity index (χ1) is 17.0. The van der Waals surface area contributed by atoms with Crippen LogP contribution in [0.4, 0.5) is 5.69 Å². The zero-order valence-corrected chi connectivity index (χ0v) is 20.1. The fourth-order valence-electron chi connectivity index (χ4n) is 5.47. The number of rotatable bonds is 4. The van der Waals surface area contributed by atoms with Crippen molar-refractivity contribution in [2.24, 2.45) is 0 Å². The molecule has 0 aliphatic carbocycles. The average molecular weight is 471 g/mol. The number of likely N-dealkylation sites (tertiary alicyclic amines) is 1. The summed E-state index contributed by atoms with van der Waals surface area (Å²) in [7, 11) is 0. The normalized spacial score (nSPS) is 20.2. The summed E-state index contributed by atoms with van der Waals surface area (Å²) in [6.45, 7) is 6.62. The van der Waals surface area contributed by atoms with E-state index >= 15 is 0 Å². The van der Waals surface area contributed by atoms with Gasteiger partial charge in [-0.25, -0.2) is 4.79 Å². The van der Waals surface area contributed by atoms with Crippen LogP contribution in [0.1, 0.15) is 30.9 Å². The molecule has 2 fully saturated rings. The first kappa shape index (κ1) is 23.1. The Morgan fingerprint density at radius 1 is 1.00 bits per heavy atom. The summed E-state index contributed by atoms with van der Waals surface area (Å²) < 4.78 is 5.91. The zero-order chi connectivity index (χ0) is 24.4. The number of amides is 1. The van der Waals surface area contributed by atoms with E-state index < -0.39 is 5.60 Å². The van der Waals surface area contributed by atoms with Crippen LogP contribution in [0, 0.1) is 11.3 Å². The minimum Gasteiger partial charge on any atom is -0.450 e. The van der Waals surface area contributed by atoms with Crippen molar-refractivity contribution in [1.29, 1.82) is 5.26 Å². The molecular formula is C28H30N4O3. The smallest absolute Gasteiger partial charge is 0.335 e. The van der Waals surface area contributed by atoms with Crippen LogP contribution < -0.4 is 4.90 Å². The molecular weight excluding hydrogens is 440 g/mol. The number of piperidine rings is 1. The quantitative estimate of drug-likeness (QED) is 0.639. The lowest BCUT2D eigenvalue weighted by Gasteiger charge is -2.42. The summed E-state index contributed by atoms with van der Waals surface area (Å²) in [5.41, 5.74) is 3.08. The van der Waals surface area contributed by atoms with Crippen LogP contribution in [-0.4, -0.2) is 66.5 Å². The van der Waals surface area contributed by atoms with Gasteiger partial charge in [0.05, 0.1) is 17.2 Å². The van der Waals surface area contributed by atoms with Crippen LogP contribution in [-0.2, 0) is 20.9 Å². The van der Waals surface area contributed by atoms with E-state index in [0.29, 0.717) is 55.7 Å². The molecule has 0 bridgehead atoms. The molecule has 2 aromatic carbocycles. The van der Waals surface area contributed by atoms with Gasteiger partial charge < -0.3 is 14.5 Å². The third-order valence-corrected chi connectivity index (χ3v) is 7.46. The van der Waals surface area contributed by atoms with Crippen molar-refractivity contribution in [3.05, 3.63) is 76.9 Å². The topological polar surface area (TPSA) is 76.9 Å². The molecule has 35 heavy (non-hydrogen) atoms. The molecule has 0 N–H and O–H groups in total. The van der Waals surface area contributed by atoms with Crippen LogP contribution in [0.25, 0.3) is 0 Å². The second-order valence-electron chi connectivity index (χ2n) is 9.59. The molecule has 0 unspecified atom stereocenters. The molecule has 3 heterocycles. The van der Waals surface area contributed by atoms with Gasteiger partial charge in [0.15, 0.2) is 0 Å². The van der Waals surface area contributed by atoms with Gasteiger partial charge in [0, 0.05) is 69.9 Å². The van der Waals surface area contributed by atoms with Crippen molar-refractivity contribution in [3.63, 3.8) is 0 Å². The van der Waals surface area contributed by atoms with Gasteiger partial charge in [-0.2, -0.15) is 5.26 Å². The lowest BCUT2D eigenvalue weighted by molar-refractivity contribution is -0.151. The molecule has 0 aromatic heterocycles. The Morgan fingerprint density at radius 2 is 1.71 bits per heavy atom. The maximum Gasteiger partial charge on any atom is 0.335 e. The summed E-state index contributed by atoms with van der Waals surface area (Å²) in [4.78, 5) is 32.7. The van der Waals surface area contributed by atoms with Crippen molar-refractivity contribution < 1.29 is 14.3 Å². The molecule has 7 nitrogen and oxygen atoms in total. The van der Waals surface area contributed by atoms with Crippen molar-refractivity contribution in [1.82, 2.24) is 9.80 Å². The summed E-state index contributed by atoms with van der Waals surface area (Å²) >= 11 is 0. The highest BCUT2D eigenvalue weighted by Gasteiger charge is 2.51. The number of esters is 1. The molecule has 0 atom stereocenters. The van der Waals surface area contributed by atoms with E-state index in [1.165, 1.54) is 5.56 Å². The highest BCUT2D eigenvalue weighted by atomic mass is 16.6. The molecule has 0 radical (unpaired) electrons. The van der Waals surface area contributed by atoms with Gasteiger partial charge in [-0.05, 0) is 30.7 Å². The van der Waals surface area contributed by atoms with Crippen LogP contribution in [0.15, 0.2) is 65.7 Å². The summed E-state index contributed by atoms with van der Waals surface area (Å²) in [6, 6.07) is 20.1. The number of ether oxygens (including phenoxy) is 1. The Bertz CT molecular complexity index is 1180. The predicted octanol–water partition coefficient (Wildman–Crippen LogP) is 3.11. The molecule has 7 heteroatoms. The fraction of sp³-hybridized carbons (Fsp3) is 0.393. The Kier molecular flexibility index (Phi) is 6.31. The molecule has 1 amide bonds. The maximum atomic E-state index is 13.7. The number of hydrogen-bond donors (Lipinski definition) is 0. The van der Waals surface area contributed by atoms with E-state index in [1.807, 2.05) is 41.3 Å². The van der Waals surface area contributed by atoms with Crippen molar-refractivity contribution in [2.45, 2.75) is 31.9 Å². The van der Waals surface area contributed by atoms with E-state index in [4.69, 9.17) is 4.74 Å². The largest absolute Gasteiger partial charge is 0.450 e. The summed E-state index contributed by atoms with van der Waals surface area (Å²) in [6.07, 6.45) is 1.26. The van der Waals surface area contributed by atoms with E-state index in [9.17, 15) is 14.9 Å². The van der Waals surface area contributed by atoms with Crippen LogP contribution >= 0.6 is 0 Å². The molecule has 180 valence electrons. The monoisotopic (exact) mass is 470 g/mol. The fourth-order valence-corrected chi connectivity index (χ4v) is 5.47. The highest BCUT2D eigenvalue weighted by molar-refractivity contribution is 6.07. The van der Waals surface area contributed by atoms with Gasteiger partial charge in [-0.15, -0.1) is 0 Å². The number of carbonyl (C=O) groups is 2. The summed E-state index contributed by atoms with van der Waals surface area (Å²) in [5, 5.41) is 9.19. The number of benzene rings is 2. The molecule has 2 saturated heterocycles. The molecule has 0 saturated carbocycles. The Morgan fingerprint density at radius 3 is 2.40 bits per heavy atom. The van der Waals surface area contributed by atoms with Gasteiger partial charge >= 0.3 is 5.97 Å². The third kappa shape index (κ3) is 4.54. The standard InChI is InChI=1S/C28H30N4O3/c1-21-25(26(33)32-16-14-31(15-17-32)24-9-5-8-23(18-24)19-29)28(35-27(21)34)10-12-30(13-11-28)20-22-6-3-2-4-7-22/h2-9,18H,10-17,20H2,1H3. The number of nitrogens with zero attached hydrogens (tertiary/aromatic N) is 4. The predicted molar refractivity (Wildman–Crippen MR) is 132 cm³/mol. The van der Waals surface area contributed by atoms with Gasteiger partial charge in [-0.3, -0.25) is 9.69 Å². The maximum absolute atomic E-state index is 13.7. The number of piperazine rings is 1. The van der Waals surface area contributed by atoms with Crippen LogP contribution in [0.3, 0.4) is 0 Å². The van der Waals surface area contributed by atoms with Gasteiger partial charge in [0.25, 0.3) is 5.91 Å². The Labute approximate surface area is 206 Å². The summed E-state index contributed by atoms with van der Waals surface area (Å²) in [5.74, 6) is -0.438. The van der Waals surface area contributed by atoms with Crippen molar-refractivity contribution in [3.8, 4) is 6.07 Å². The Balaban J connectivity index is 1.25. The van der Waals surface area contributed by atoms with Crippen molar-refractivity contribution in [2.75, 3.05) is 44.2 Å². The molecule has 2 aromatic rings. The number of nitriles is 1. The SMILES string of the molecule is CC1=C(C(=O)N2CCN(c3cccc(C#N)c3)CC2)C2(CCN(Cc3ccccc3)CC2)OC1=O. The van der Waals surface area contributed by atoms with E-state index in [2.05, 4.69) is 28.0 Å². The van der Waals surface area contributed by atoms with Gasteiger partial charge in [0.2, 0.25) is 0 Å². The number of anilines is 1.